The second-order valence-electron chi connectivity index (χ2n) is 8.80. The van der Waals surface area contributed by atoms with Gasteiger partial charge in [0.05, 0.1) is 28.4 Å². The number of anilines is 1. The first-order chi connectivity index (χ1) is 18.9. The lowest BCUT2D eigenvalue weighted by molar-refractivity contribution is -0.132. The van der Waals surface area contributed by atoms with Gasteiger partial charge in [0.15, 0.2) is 28.1 Å². The van der Waals surface area contributed by atoms with Gasteiger partial charge in [0.2, 0.25) is 0 Å². The van der Waals surface area contributed by atoms with Crippen molar-refractivity contribution in [3.63, 3.8) is 0 Å². The molecule has 9 nitrogen and oxygen atoms in total. The molecule has 1 atom stereocenters. The first-order valence-corrected chi connectivity index (χ1v) is 12.9. The van der Waals surface area contributed by atoms with Gasteiger partial charge in [-0.25, -0.2) is 9.37 Å². The summed E-state index contributed by atoms with van der Waals surface area (Å²) in [6, 6.07) is 12.1. The first kappa shape index (κ1) is 24.7. The van der Waals surface area contributed by atoms with Crippen LogP contribution in [-0.2, 0) is 9.59 Å². The van der Waals surface area contributed by atoms with Crippen molar-refractivity contribution in [3.8, 4) is 23.0 Å². The van der Waals surface area contributed by atoms with E-state index in [0.29, 0.717) is 40.5 Å². The standard InChI is InChI=1S/C28H21FN2O7S/c1-2-36-20-11-14(3-7-18(20)32)24-23(25(33)15-4-8-19-21(12-15)38-10-9-37-19)26(34)27(35)31(24)28-30-17-6-5-16(29)13-22(17)39-28/h3-8,11-13,24,32-33H,2,9-10H2,1H3. The van der Waals surface area contributed by atoms with Gasteiger partial charge in [-0.15, -0.1) is 0 Å². The van der Waals surface area contributed by atoms with Gasteiger partial charge in [-0.1, -0.05) is 17.4 Å². The molecule has 4 aromatic rings. The highest BCUT2D eigenvalue weighted by Crippen LogP contribution is 2.46. The fourth-order valence-electron chi connectivity index (χ4n) is 4.65. The number of phenols is 1. The summed E-state index contributed by atoms with van der Waals surface area (Å²) in [6.45, 7) is 2.73. The number of Topliss-reactive ketones (excluding diaryl/α,β-unsaturated/α-hetero) is 1. The summed E-state index contributed by atoms with van der Waals surface area (Å²) >= 11 is 1.04. The minimum atomic E-state index is -1.12. The van der Waals surface area contributed by atoms with E-state index in [-0.39, 0.29) is 34.4 Å². The molecule has 1 unspecified atom stereocenters. The lowest BCUT2D eigenvalue weighted by atomic mass is 9.95. The zero-order valence-corrected chi connectivity index (χ0v) is 21.3. The van der Waals surface area contributed by atoms with Crippen molar-refractivity contribution in [2.45, 2.75) is 13.0 Å². The number of thiazole rings is 1. The number of phenolic OH excluding ortho intramolecular Hbond substituents is 1. The molecule has 198 valence electrons. The number of fused-ring (bicyclic) bond motifs is 2. The maximum Gasteiger partial charge on any atom is 0.301 e. The molecule has 1 fully saturated rings. The second-order valence-corrected chi connectivity index (χ2v) is 9.81. The number of aliphatic hydroxyl groups is 1. The summed E-state index contributed by atoms with van der Waals surface area (Å²) in [4.78, 5) is 32.6. The molecule has 2 aliphatic heterocycles. The zero-order valence-electron chi connectivity index (χ0n) is 20.5. The van der Waals surface area contributed by atoms with E-state index in [9.17, 15) is 24.2 Å². The van der Waals surface area contributed by atoms with Crippen molar-refractivity contribution in [3.05, 3.63) is 77.1 Å². The molecule has 1 aromatic heterocycles. The van der Waals surface area contributed by atoms with Gasteiger partial charge in [-0.2, -0.15) is 0 Å². The smallest absolute Gasteiger partial charge is 0.301 e. The maximum absolute atomic E-state index is 13.9. The molecule has 39 heavy (non-hydrogen) atoms. The minimum absolute atomic E-state index is 0.125. The molecule has 0 saturated carbocycles. The predicted molar refractivity (Wildman–Crippen MR) is 141 cm³/mol. The van der Waals surface area contributed by atoms with Gasteiger partial charge < -0.3 is 24.4 Å². The number of ketones is 1. The number of carbonyl (C=O) groups is 2. The Bertz CT molecular complexity index is 1680. The molecule has 2 aliphatic rings. The molecule has 3 heterocycles. The monoisotopic (exact) mass is 548 g/mol. The number of nitrogens with zero attached hydrogens (tertiary/aromatic N) is 2. The Morgan fingerprint density at radius 3 is 2.69 bits per heavy atom. The van der Waals surface area contributed by atoms with Crippen LogP contribution in [0.4, 0.5) is 9.52 Å². The number of halogens is 1. The number of rotatable bonds is 5. The number of hydrogen-bond donors (Lipinski definition) is 2. The Labute approximate surface area is 225 Å². The van der Waals surface area contributed by atoms with Crippen LogP contribution in [0.15, 0.2) is 60.2 Å². The molecule has 1 amide bonds. The van der Waals surface area contributed by atoms with E-state index in [2.05, 4.69) is 4.98 Å². The SMILES string of the molecule is CCOc1cc(C2C(=C(O)c3ccc4c(c3)OCCO4)C(=O)C(=O)N2c2nc3ccc(F)cc3s2)ccc1O. The molecule has 0 aliphatic carbocycles. The number of carbonyl (C=O) groups excluding carboxylic acids is 2. The number of aromatic nitrogens is 1. The summed E-state index contributed by atoms with van der Waals surface area (Å²) in [6.07, 6.45) is 0. The number of aliphatic hydroxyl groups excluding tert-OH is 1. The van der Waals surface area contributed by atoms with Crippen molar-refractivity contribution in [1.82, 2.24) is 4.98 Å². The predicted octanol–water partition coefficient (Wildman–Crippen LogP) is 4.94. The van der Waals surface area contributed by atoms with E-state index < -0.39 is 29.3 Å². The molecular weight excluding hydrogens is 527 g/mol. The zero-order chi connectivity index (χ0) is 27.3. The molecule has 0 radical (unpaired) electrons. The Morgan fingerprint density at radius 1 is 1.10 bits per heavy atom. The summed E-state index contributed by atoms with van der Waals surface area (Å²) in [5.74, 6) is -1.81. The van der Waals surface area contributed by atoms with Gasteiger partial charge in [0.25, 0.3) is 5.78 Å². The topological polar surface area (TPSA) is 118 Å². The fraction of sp³-hybridized carbons (Fsp3) is 0.179. The summed E-state index contributed by atoms with van der Waals surface area (Å²) in [5, 5.41) is 21.9. The highest BCUT2D eigenvalue weighted by atomic mass is 32.1. The van der Waals surface area contributed by atoms with E-state index >= 15 is 0 Å². The second kappa shape index (κ2) is 9.59. The molecule has 11 heteroatoms. The van der Waals surface area contributed by atoms with Crippen molar-refractivity contribution >= 4 is 44.1 Å². The normalized spacial score (nSPS) is 18.1. The highest BCUT2D eigenvalue weighted by molar-refractivity contribution is 7.22. The van der Waals surface area contributed by atoms with Crippen LogP contribution in [0.2, 0.25) is 0 Å². The van der Waals surface area contributed by atoms with Crippen molar-refractivity contribution in [1.29, 1.82) is 0 Å². The van der Waals surface area contributed by atoms with Crippen molar-refractivity contribution < 1.29 is 38.4 Å². The van der Waals surface area contributed by atoms with Gasteiger partial charge in [0, 0.05) is 5.56 Å². The quantitative estimate of drug-likeness (QED) is 0.205. The average molecular weight is 549 g/mol. The molecule has 1 saturated heterocycles. The third kappa shape index (κ3) is 4.20. The highest BCUT2D eigenvalue weighted by Gasteiger charge is 2.48. The summed E-state index contributed by atoms with van der Waals surface area (Å²) in [5.41, 5.74) is 0.900. The van der Waals surface area contributed by atoms with Gasteiger partial charge in [0.1, 0.15) is 24.8 Å². The Kier molecular flexibility index (Phi) is 6.07. The first-order valence-electron chi connectivity index (χ1n) is 12.1. The van der Waals surface area contributed by atoms with Crippen LogP contribution in [0.1, 0.15) is 24.1 Å². The molecule has 0 spiro atoms. The number of benzene rings is 3. The van der Waals surface area contributed by atoms with Gasteiger partial charge >= 0.3 is 5.91 Å². The molecule has 0 bridgehead atoms. The molecule has 6 rings (SSSR count). The van der Waals surface area contributed by atoms with E-state index in [1.165, 1.54) is 47.4 Å². The Morgan fingerprint density at radius 2 is 1.90 bits per heavy atom. The third-order valence-electron chi connectivity index (χ3n) is 6.40. The number of ether oxygens (including phenoxy) is 3. The van der Waals surface area contributed by atoms with Gasteiger partial charge in [-0.05, 0) is 61.0 Å². The van der Waals surface area contributed by atoms with Crippen LogP contribution >= 0.6 is 11.3 Å². The van der Waals surface area contributed by atoms with Crippen LogP contribution in [0.25, 0.3) is 16.0 Å². The molecular formula is C28H21FN2O7S. The lowest BCUT2D eigenvalue weighted by Gasteiger charge is -2.24. The average Bonchev–Trinajstić information content (AvgIpc) is 3.46. The van der Waals surface area contributed by atoms with E-state index in [4.69, 9.17) is 14.2 Å². The van der Waals surface area contributed by atoms with Crippen molar-refractivity contribution in [2.24, 2.45) is 0 Å². The maximum atomic E-state index is 13.9. The summed E-state index contributed by atoms with van der Waals surface area (Å²) in [7, 11) is 0. The van der Waals surface area contributed by atoms with Crippen LogP contribution < -0.4 is 19.1 Å². The Balaban J connectivity index is 1.55. The van der Waals surface area contributed by atoms with Crippen LogP contribution in [-0.4, -0.2) is 46.7 Å². The molecule has 2 N–H and O–H groups in total. The number of hydrogen-bond acceptors (Lipinski definition) is 9. The van der Waals surface area contributed by atoms with Crippen LogP contribution in [0, 0.1) is 5.82 Å². The number of aromatic hydroxyl groups is 1. The minimum Gasteiger partial charge on any atom is -0.507 e. The van der Waals surface area contributed by atoms with Crippen molar-refractivity contribution in [2.75, 3.05) is 24.7 Å². The van der Waals surface area contributed by atoms with Gasteiger partial charge in [-0.3, -0.25) is 14.5 Å². The largest absolute Gasteiger partial charge is 0.507 e. The third-order valence-corrected chi connectivity index (χ3v) is 7.42. The van der Waals surface area contributed by atoms with Crippen LogP contribution in [0.3, 0.4) is 0 Å². The van der Waals surface area contributed by atoms with E-state index in [0.717, 1.165) is 11.3 Å². The Hall–Kier alpha value is -4.64. The van der Waals surface area contributed by atoms with E-state index in [1.807, 2.05) is 0 Å². The van der Waals surface area contributed by atoms with E-state index in [1.54, 1.807) is 19.1 Å². The number of amides is 1. The van der Waals surface area contributed by atoms with Crippen LogP contribution in [0.5, 0.6) is 23.0 Å². The lowest BCUT2D eigenvalue weighted by Crippen LogP contribution is -2.29. The fourth-order valence-corrected chi connectivity index (χ4v) is 5.67. The summed E-state index contributed by atoms with van der Waals surface area (Å²) < 4.78 is 31.1. The molecule has 3 aromatic carbocycles.